The number of anilines is 2. The molecule has 1 N–H and O–H groups in total. The normalized spacial score (nSPS) is 18.2. The highest BCUT2D eigenvalue weighted by molar-refractivity contribution is 5.95. The molecule has 10 rings (SSSR count). The van der Waals surface area contributed by atoms with E-state index in [4.69, 9.17) is 14.2 Å². The number of piperidine rings is 2. The first-order valence-corrected chi connectivity index (χ1v) is 33.2. The van der Waals surface area contributed by atoms with Gasteiger partial charge in [0.15, 0.2) is 0 Å². The van der Waals surface area contributed by atoms with Gasteiger partial charge in [0.05, 0.1) is 29.5 Å². The highest BCUT2D eigenvalue weighted by Gasteiger charge is 2.50. The van der Waals surface area contributed by atoms with Crippen LogP contribution in [0.5, 0.6) is 0 Å². The number of likely N-dealkylation sites (N-methyl/N-ethyl adjacent to an activating group) is 3. The van der Waals surface area contributed by atoms with E-state index in [1.807, 2.05) is 93.0 Å². The fraction of sp³-hybridized carbons (Fsp3) is 0.446. The molecule has 16 nitrogen and oxygen atoms in total. The summed E-state index contributed by atoms with van der Waals surface area (Å²) in [4.78, 5) is 79.7. The second kappa shape index (κ2) is 31.4. The van der Waals surface area contributed by atoms with Crippen LogP contribution in [0, 0.1) is 5.82 Å². The third-order valence-corrected chi connectivity index (χ3v) is 19.7. The van der Waals surface area contributed by atoms with Crippen molar-refractivity contribution in [2.75, 3.05) is 124 Å². The lowest BCUT2D eigenvalue weighted by molar-refractivity contribution is -0.143. The molecular weight excluding hydrogens is 1260 g/mol. The number of halogens is 7. The average molecular weight is 1350 g/mol. The number of carbonyl (C=O) groups excluding carboxylic acids is 5. The molecule has 23 heteroatoms. The molecule has 0 aromatic heterocycles. The molecule has 0 bridgehead atoms. The SMILES string of the molecule is CN(CCN1CCC(OC(=O)Nc2ccccc2-c2ccccc2)CC1)C(=O)CCCCCN(C)c1ccc(C(=O)N(C)CCN(C)C(=O)CO[C@H]2Cc3ccccc3C23CCN(CC[C@]2(c4ccc(F)cc4)CN(C(=O)c4cc(C(F)(F)F)cc(C(F)(F)F)c4)CO2)CC3)cc1. The summed E-state index contributed by atoms with van der Waals surface area (Å²) in [5.41, 5.74) is 1.17. The minimum Gasteiger partial charge on any atom is -0.446 e. The summed E-state index contributed by atoms with van der Waals surface area (Å²) in [5, 5.41) is 2.93. The molecule has 0 unspecified atom stereocenters. The van der Waals surface area contributed by atoms with Gasteiger partial charge in [0, 0.05) is 115 Å². The monoisotopic (exact) mass is 1350 g/mol. The van der Waals surface area contributed by atoms with Crippen LogP contribution in [-0.4, -0.2) is 185 Å². The molecular formula is C74H85F7N8O8. The number of unbranched alkanes of at least 4 members (excludes halogenated alkanes) is 2. The van der Waals surface area contributed by atoms with Crippen molar-refractivity contribution in [1.29, 1.82) is 0 Å². The van der Waals surface area contributed by atoms with Crippen LogP contribution in [0.1, 0.15) is 106 Å². The van der Waals surface area contributed by atoms with Crippen LogP contribution in [0.2, 0.25) is 0 Å². The van der Waals surface area contributed by atoms with Crippen molar-refractivity contribution in [3.8, 4) is 11.1 Å². The summed E-state index contributed by atoms with van der Waals surface area (Å²) in [5.74, 6) is -1.92. The number of para-hydroxylation sites is 1. The van der Waals surface area contributed by atoms with Crippen LogP contribution in [0.4, 0.5) is 46.9 Å². The van der Waals surface area contributed by atoms with Gasteiger partial charge < -0.3 is 48.5 Å². The Morgan fingerprint density at radius 2 is 1.27 bits per heavy atom. The van der Waals surface area contributed by atoms with E-state index in [9.17, 15) is 54.7 Å². The van der Waals surface area contributed by atoms with Crippen LogP contribution < -0.4 is 10.2 Å². The van der Waals surface area contributed by atoms with E-state index in [-0.39, 0.29) is 68.7 Å². The number of hydrogen-bond acceptors (Lipinski definition) is 11. The van der Waals surface area contributed by atoms with Crippen LogP contribution in [0.25, 0.3) is 11.1 Å². The fourth-order valence-electron chi connectivity index (χ4n) is 13.7. The van der Waals surface area contributed by atoms with Crippen molar-refractivity contribution in [1.82, 2.24) is 29.4 Å². The van der Waals surface area contributed by atoms with E-state index >= 15 is 0 Å². The van der Waals surface area contributed by atoms with E-state index in [1.165, 1.54) is 24.3 Å². The minimum absolute atomic E-state index is 0.0296. The Morgan fingerprint density at radius 3 is 1.96 bits per heavy atom. The predicted molar refractivity (Wildman–Crippen MR) is 355 cm³/mol. The van der Waals surface area contributed by atoms with Gasteiger partial charge in [-0.2, -0.15) is 26.3 Å². The molecule has 1 spiro atoms. The molecule has 3 aliphatic heterocycles. The summed E-state index contributed by atoms with van der Waals surface area (Å²) >= 11 is 0. The molecule has 5 amide bonds. The summed E-state index contributed by atoms with van der Waals surface area (Å²) in [7, 11) is 7.24. The Balaban J connectivity index is 0.620. The van der Waals surface area contributed by atoms with Gasteiger partial charge in [0.1, 0.15) is 30.9 Å². The number of carbonyl (C=O) groups is 5. The topological polar surface area (TPSA) is 148 Å². The van der Waals surface area contributed by atoms with Gasteiger partial charge in [-0.3, -0.25) is 24.5 Å². The highest BCUT2D eigenvalue weighted by atomic mass is 19.4. The molecule has 0 saturated carbocycles. The number of hydrogen-bond donors (Lipinski definition) is 1. The number of alkyl halides is 6. The number of ether oxygens (including phenoxy) is 3. The van der Waals surface area contributed by atoms with E-state index in [2.05, 4.69) is 32.1 Å². The van der Waals surface area contributed by atoms with E-state index in [0.717, 1.165) is 91.1 Å². The van der Waals surface area contributed by atoms with Gasteiger partial charge in [0.2, 0.25) is 11.8 Å². The van der Waals surface area contributed by atoms with Gasteiger partial charge in [-0.1, -0.05) is 91.3 Å². The minimum atomic E-state index is -5.15. The lowest BCUT2D eigenvalue weighted by Gasteiger charge is -2.44. The van der Waals surface area contributed by atoms with Gasteiger partial charge in [-0.15, -0.1) is 0 Å². The number of likely N-dealkylation sites (tertiary alicyclic amines) is 2. The van der Waals surface area contributed by atoms with Gasteiger partial charge in [-0.25, -0.2) is 9.18 Å². The van der Waals surface area contributed by atoms with Crippen molar-refractivity contribution < 1.29 is 68.9 Å². The molecule has 97 heavy (non-hydrogen) atoms. The van der Waals surface area contributed by atoms with Crippen molar-refractivity contribution in [2.45, 2.75) is 99.8 Å². The number of nitrogens with one attached hydrogen (secondary N) is 1. The summed E-state index contributed by atoms with van der Waals surface area (Å²) in [6, 6.07) is 39.3. The Labute approximate surface area is 562 Å². The summed E-state index contributed by atoms with van der Waals surface area (Å²) in [6.07, 6.45) is -4.62. The number of amides is 5. The Morgan fingerprint density at radius 1 is 0.639 bits per heavy atom. The van der Waals surface area contributed by atoms with E-state index in [0.29, 0.717) is 80.8 Å². The van der Waals surface area contributed by atoms with Crippen LogP contribution in [-0.2, 0) is 53.6 Å². The Bertz CT molecular complexity index is 3650. The van der Waals surface area contributed by atoms with Crippen molar-refractivity contribution in [3.63, 3.8) is 0 Å². The molecule has 1 aliphatic carbocycles. The van der Waals surface area contributed by atoms with Crippen LogP contribution in [0.15, 0.2) is 146 Å². The second-order valence-electron chi connectivity index (χ2n) is 26.1. The Hall–Kier alpha value is -8.38. The highest BCUT2D eigenvalue weighted by Crippen LogP contribution is 2.49. The smallest absolute Gasteiger partial charge is 0.416 e. The van der Waals surface area contributed by atoms with Gasteiger partial charge in [-0.05, 0) is 147 Å². The number of benzene rings is 6. The second-order valence-corrected chi connectivity index (χ2v) is 26.1. The molecule has 2 atom stereocenters. The predicted octanol–water partition coefficient (Wildman–Crippen LogP) is 12.6. The zero-order valence-corrected chi connectivity index (χ0v) is 55.3. The molecule has 3 saturated heterocycles. The third kappa shape index (κ3) is 17.9. The molecule has 6 aromatic rings. The average Bonchev–Trinajstić information content (AvgIpc) is 1.60. The molecule has 6 aromatic carbocycles. The first-order chi connectivity index (χ1) is 46.4. The van der Waals surface area contributed by atoms with Gasteiger partial charge >= 0.3 is 18.4 Å². The third-order valence-electron chi connectivity index (χ3n) is 19.7. The van der Waals surface area contributed by atoms with Crippen LogP contribution in [0.3, 0.4) is 0 Å². The standard InChI is InChI=1S/C74H85F7N8O8/c1-83(35-14-6-9-21-66(90)84(2)43-44-87-36-30-61(31-37-87)97-70(94)82-64-20-13-11-18-62(64)52-15-7-5-8-16-52)60-28-22-53(23-29-60)68(92)86(4)42-41-85(3)67(91)49-95-65-47-54-17-10-12-19-63(54)71(65)32-38-88(39-33-71)40-34-72(56-24-26-59(75)27-25-56)50-89(51-96-72)69(93)55-45-57(73(76,77)78)48-58(46-55)74(79,80)81/h5,7-8,10-13,15-20,22-29,45-46,48,61,65H,6,9,14,21,30-44,47,49-51H2,1-4H3,(H,82,94)/t65-,72+/m0/s1. The molecule has 3 heterocycles. The fourth-order valence-corrected chi connectivity index (χ4v) is 13.7. The molecule has 0 radical (unpaired) electrons. The van der Waals surface area contributed by atoms with E-state index in [1.54, 1.807) is 40.9 Å². The lowest BCUT2D eigenvalue weighted by Crippen LogP contribution is -2.50. The number of fused-ring (bicyclic) bond motifs is 2. The number of rotatable bonds is 25. The zero-order valence-electron chi connectivity index (χ0n) is 55.3. The van der Waals surface area contributed by atoms with Crippen LogP contribution >= 0.6 is 0 Å². The molecule has 3 fully saturated rings. The van der Waals surface area contributed by atoms with E-state index < -0.39 is 64.6 Å². The summed E-state index contributed by atoms with van der Waals surface area (Å²) < 4.78 is 116. The maximum Gasteiger partial charge on any atom is 0.416 e. The van der Waals surface area contributed by atoms with Gasteiger partial charge in [0.25, 0.3) is 11.8 Å². The number of nitrogens with zero attached hydrogens (tertiary/aromatic N) is 7. The molecule has 518 valence electrons. The van der Waals surface area contributed by atoms with Crippen molar-refractivity contribution in [2.24, 2.45) is 0 Å². The first-order valence-electron chi connectivity index (χ1n) is 33.2. The summed E-state index contributed by atoms with van der Waals surface area (Å²) in [6.45, 7) is 5.04. The largest absolute Gasteiger partial charge is 0.446 e. The maximum absolute atomic E-state index is 14.3. The quantitative estimate of drug-likeness (QED) is 0.0431. The van der Waals surface area contributed by atoms with Crippen molar-refractivity contribution >= 4 is 41.1 Å². The Kier molecular flexibility index (Phi) is 23.1. The maximum atomic E-state index is 14.3. The first kappa shape index (κ1) is 71.4. The lowest BCUT2D eigenvalue weighted by atomic mass is 9.72. The zero-order chi connectivity index (χ0) is 69.1. The van der Waals surface area contributed by atoms with Crippen molar-refractivity contribution in [3.05, 3.63) is 190 Å². The molecule has 4 aliphatic rings.